The molecule has 0 fully saturated rings. The molecule has 152 valence electrons. The van der Waals surface area contributed by atoms with Gasteiger partial charge in [-0.05, 0) is 52.9 Å². The van der Waals surface area contributed by atoms with Crippen molar-refractivity contribution in [1.82, 2.24) is 30.0 Å². The van der Waals surface area contributed by atoms with Gasteiger partial charge in [-0.25, -0.2) is 9.07 Å². The molecule has 0 atom stereocenters. The molecular weight excluding hydrogens is 438 g/mol. The number of hydrogen-bond acceptors (Lipinski definition) is 4. The van der Waals surface area contributed by atoms with E-state index in [1.165, 1.54) is 12.1 Å². The standard InChI is InChI=1S/C22H13Cl2FN6/c23-19-10-9-17(12-20(19)24)30-21(14-5-4-6-15(25)11-14)18(13-26-30)22-27-28-29-31(22)16-7-2-1-3-8-16/h1-13H. The third kappa shape index (κ3) is 3.58. The molecule has 0 aliphatic heterocycles. The Morgan fingerprint density at radius 2 is 1.61 bits per heavy atom. The second-order valence-electron chi connectivity index (χ2n) is 6.68. The molecule has 0 radical (unpaired) electrons. The zero-order valence-electron chi connectivity index (χ0n) is 15.8. The Bertz CT molecular complexity index is 1380. The van der Waals surface area contributed by atoms with Crippen molar-refractivity contribution in [2.45, 2.75) is 0 Å². The summed E-state index contributed by atoms with van der Waals surface area (Å²) in [6.45, 7) is 0. The van der Waals surface area contributed by atoms with Crippen molar-refractivity contribution >= 4 is 23.2 Å². The van der Waals surface area contributed by atoms with Gasteiger partial charge in [0.1, 0.15) is 5.82 Å². The van der Waals surface area contributed by atoms with Crippen LogP contribution in [0.5, 0.6) is 0 Å². The Kier molecular flexibility index (Phi) is 4.97. The SMILES string of the molecule is Fc1cccc(-c2c(-c3nnnn3-c3ccccc3)cnn2-c2ccc(Cl)c(Cl)c2)c1. The summed E-state index contributed by atoms with van der Waals surface area (Å²) < 4.78 is 17.4. The Balaban J connectivity index is 1.76. The van der Waals surface area contributed by atoms with Crippen molar-refractivity contribution in [3.8, 4) is 34.0 Å². The molecule has 2 heterocycles. The lowest BCUT2D eigenvalue weighted by molar-refractivity contribution is 0.628. The first-order chi connectivity index (χ1) is 15.1. The summed E-state index contributed by atoms with van der Waals surface area (Å²) in [6, 6.07) is 20.9. The Morgan fingerprint density at radius 1 is 0.774 bits per heavy atom. The van der Waals surface area contributed by atoms with Crippen LogP contribution >= 0.6 is 23.2 Å². The molecule has 2 aromatic heterocycles. The van der Waals surface area contributed by atoms with E-state index in [-0.39, 0.29) is 5.82 Å². The lowest BCUT2D eigenvalue weighted by Crippen LogP contribution is -2.02. The first kappa shape index (κ1) is 19.4. The minimum Gasteiger partial charge on any atom is -0.232 e. The topological polar surface area (TPSA) is 61.4 Å². The van der Waals surface area contributed by atoms with Crippen LogP contribution in [0.15, 0.2) is 79.0 Å². The zero-order chi connectivity index (χ0) is 21.4. The number of tetrazole rings is 1. The van der Waals surface area contributed by atoms with Crippen LogP contribution in [-0.2, 0) is 0 Å². The highest BCUT2D eigenvalue weighted by atomic mass is 35.5. The number of benzene rings is 3. The molecule has 0 aliphatic rings. The first-order valence-electron chi connectivity index (χ1n) is 9.25. The van der Waals surface area contributed by atoms with E-state index in [1.807, 2.05) is 30.3 Å². The van der Waals surface area contributed by atoms with Gasteiger partial charge in [0.2, 0.25) is 0 Å². The van der Waals surface area contributed by atoms with E-state index in [0.29, 0.717) is 38.4 Å². The molecule has 0 bridgehead atoms. The van der Waals surface area contributed by atoms with Crippen molar-refractivity contribution in [2.75, 3.05) is 0 Å². The Morgan fingerprint density at radius 3 is 2.39 bits per heavy atom. The number of para-hydroxylation sites is 1. The number of halogens is 3. The summed E-state index contributed by atoms with van der Waals surface area (Å²) in [5.74, 6) is 0.102. The fourth-order valence-corrected chi connectivity index (χ4v) is 3.63. The van der Waals surface area contributed by atoms with Gasteiger partial charge < -0.3 is 0 Å². The van der Waals surface area contributed by atoms with Gasteiger partial charge in [0.15, 0.2) is 5.82 Å². The summed E-state index contributed by atoms with van der Waals surface area (Å²) in [5, 5.41) is 17.5. The number of hydrogen-bond donors (Lipinski definition) is 0. The lowest BCUT2D eigenvalue weighted by atomic mass is 10.1. The molecule has 0 unspecified atom stereocenters. The van der Waals surface area contributed by atoms with E-state index in [4.69, 9.17) is 23.2 Å². The van der Waals surface area contributed by atoms with Crippen molar-refractivity contribution in [3.63, 3.8) is 0 Å². The van der Waals surface area contributed by atoms with E-state index in [2.05, 4.69) is 20.6 Å². The molecule has 9 heteroatoms. The van der Waals surface area contributed by atoms with E-state index in [1.54, 1.807) is 45.9 Å². The molecule has 6 nitrogen and oxygen atoms in total. The Labute approximate surface area is 186 Å². The predicted molar refractivity (Wildman–Crippen MR) is 117 cm³/mol. The molecular formula is C22H13Cl2FN6. The number of rotatable bonds is 4. The molecule has 3 aromatic carbocycles. The second-order valence-corrected chi connectivity index (χ2v) is 7.49. The van der Waals surface area contributed by atoms with Crippen LogP contribution in [0, 0.1) is 5.82 Å². The molecule has 5 aromatic rings. The third-order valence-corrected chi connectivity index (χ3v) is 5.47. The van der Waals surface area contributed by atoms with Gasteiger partial charge in [0.05, 0.1) is 38.9 Å². The van der Waals surface area contributed by atoms with Gasteiger partial charge in [-0.1, -0.05) is 53.5 Å². The third-order valence-electron chi connectivity index (χ3n) is 4.73. The van der Waals surface area contributed by atoms with Gasteiger partial charge in [-0.3, -0.25) is 0 Å². The van der Waals surface area contributed by atoms with Crippen LogP contribution in [0.3, 0.4) is 0 Å². The summed E-state index contributed by atoms with van der Waals surface area (Å²) in [6.07, 6.45) is 1.65. The van der Waals surface area contributed by atoms with Gasteiger partial charge >= 0.3 is 0 Å². The highest BCUT2D eigenvalue weighted by molar-refractivity contribution is 6.42. The van der Waals surface area contributed by atoms with Crippen LogP contribution in [0.1, 0.15) is 0 Å². The molecule has 0 aliphatic carbocycles. The average molecular weight is 451 g/mol. The lowest BCUT2D eigenvalue weighted by Gasteiger charge is -2.11. The summed E-state index contributed by atoms with van der Waals surface area (Å²) in [4.78, 5) is 0. The minimum atomic E-state index is -0.368. The van der Waals surface area contributed by atoms with Gasteiger partial charge in [0, 0.05) is 5.56 Å². The highest BCUT2D eigenvalue weighted by Gasteiger charge is 2.22. The maximum absolute atomic E-state index is 14.1. The average Bonchev–Trinajstić information content (AvgIpc) is 3.43. The van der Waals surface area contributed by atoms with Crippen LogP contribution < -0.4 is 0 Å². The van der Waals surface area contributed by atoms with Gasteiger partial charge in [-0.2, -0.15) is 9.78 Å². The zero-order valence-corrected chi connectivity index (χ0v) is 17.3. The smallest absolute Gasteiger partial charge is 0.190 e. The number of aromatic nitrogens is 6. The molecule has 31 heavy (non-hydrogen) atoms. The molecule has 0 amide bonds. The summed E-state index contributed by atoms with van der Waals surface area (Å²) in [5.41, 5.74) is 3.31. The van der Waals surface area contributed by atoms with E-state index >= 15 is 0 Å². The maximum atomic E-state index is 14.1. The largest absolute Gasteiger partial charge is 0.232 e. The van der Waals surface area contributed by atoms with Gasteiger partial charge in [0.25, 0.3) is 0 Å². The predicted octanol–water partition coefficient (Wildman–Crippen LogP) is 5.63. The monoisotopic (exact) mass is 450 g/mol. The van der Waals surface area contributed by atoms with Crippen LogP contribution in [0.2, 0.25) is 10.0 Å². The molecule has 0 spiro atoms. The Hall–Kier alpha value is -3.55. The second kappa shape index (κ2) is 7.94. The van der Waals surface area contributed by atoms with E-state index in [0.717, 1.165) is 5.69 Å². The summed E-state index contributed by atoms with van der Waals surface area (Å²) >= 11 is 12.3. The van der Waals surface area contributed by atoms with Crippen LogP contribution in [0.4, 0.5) is 4.39 Å². The quantitative estimate of drug-likeness (QED) is 0.356. The van der Waals surface area contributed by atoms with Gasteiger partial charge in [-0.15, -0.1) is 5.10 Å². The molecule has 5 rings (SSSR count). The molecule has 0 N–H and O–H groups in total. The van der Waals surface area contributed by atoms with Crippen LogP contribution in [0.25, 0.3) is 34.0 Å². The fourth-order valence-electron chi connectivity index (χ4n) is 3.34. The van der Waals surface area contributed by atoms with Crippen LogP contribution in [-0.4, -0.2) is 30.0 Å². The van der Waals surface area contributed by atoms with E-state index < -0.39 is 0 Å². The molecule has 0 saturated carbocycles. The fraction of sp³-hybridized carbons (Fsp3) is 0. The number of nitrogens with zero attached hydrogens (tertiary/aromatic N) is 6. The normalized spacial score (nSPS) is 11.1. The minimum absolute atomic E-state index is 0.368. The first-order valence-corrected chi connectivity index (χ1v) is 10.0. The molecule has 0 saturated heterocycles. The van der Waals surface area contributed by atoms with Crippen molar-refractivity contribution in [1.29, 1.82) is 0 Å². The highest BCUT2D eigenvalue weighted by Crippen LogP contribution is 2.35. The van der Waals surface area contributed by atoms with E-state index in [9.17, 15) is 4.39 Å². The summed E-state index contributed by atoms with van der Waals surface area (Å²) in [7, 11) is 0. The van der Waals surface area contributed by atoms with Crippen molar-refractivity contribution in [2.24, 2.45) is 0 Å². The van der Waals surface area contributed by atoms with Crippen molar-refractivity contribution < 1.29 is 4.39 Å². The maximum Gasteiger partial charge on any atom is 0.190 e. The van der Waals surface area contributed by atoms with Crippen molar-refractivity contribution in [3.05, 3.63) is 94.9 Å².